The van der Waals surface area contributed by atoms with Gasteiger partial charge in [0.05, 0.1) is 18.6 Å². The first-order chi connectivity index (χ1) is 16.3. The number of carbonyl (C=O) groups excluding carboxylic acids is 1. The first-order valence-electron chi connectivity index (χ1n) is 11.6. The fourth-order valence-corrected chi connectivity index (χ4v) is 4.33. The third-order valence-electron chi connectivity index (χ3n) is 5.80. The average molecular weight is 462 g/mol. The molecule has 1 aromatic carbocycles. The van der Waals surface area contributed by atoms with Crippen molar-refractivity contribution >= 4 is 28.3 Å². The number of benzene rings is 1. The minimum Gasteiger partial charge on any atom is -0.494 e. The molecule has 0 unspecified atom stereocenters. The van der Waals surface area contributed by atoms with E-state index in [1.54, 1.807) is 12.1 Å². The summed E-state index contributed by atoms with van der Waals surface area (Å²) in [6.07, 6.45) is 0.867. The Morgan fingerprint density at radius 3 is 2.29 bits per heavy atom. The minimum absolute atomic E-state index is 0.0891. The maximum atomic E-state index is 12.8. The van der Waals surface area contributed by atoms with Crippen molar-refractivity contribution in [2.45, 2.75) is 54.4 Å². The van der Waals surface area contributed by atoms with Crippen LogP contribution in [0, 0.1) is 27.7 Å². The Kier molecular flexibility index (Phi) is 6.68. The van der Waals surface area contributed by atoms with Crippen LogP contribution in [0.15, 0.2) is 24.3 Å². The number of hydrogen-bond acceptors (Lipinski definition) is 6. The van der Waals surface area contributed by atoms with E-state index in [1.807, 2.05) is 51.3 Å². The number of ether oxygens (including phenoxy) is 2. The summed E-state index contributed by atoms with van der Waals surface area (Å²) >= 11 is 0. The van der Waals surface area contributed by atoms with Gasteiger partial charge in [-0.1, -0.05) is 0 Å². The second-order valence-electron chi connectivity index (χ2n) is 8.38. The van der Waals surface area contributed by atoms with E-state index in [-0.39, 0.29) is 5.91 Å². The Morgan fingerprint density at radius 2 is 1.65 bits per heavy atom. The molecule has 0 atom stereocenters. The molecule has 0 radical (unpaired) electrons. The van der Waals surface area contributed by atoms with Gasteiger partial charge in [0.15, 0.2) is 11.3 Å². The predicted octanol–water partition coefficient (Wildman–Crippen LogP) is 4.88. The number of aryl methyl sites for hydroxylation is 4. The van der Waals surface area contributed by atoms with Gasteiger partial charge < -0.3 is 14.8 Å². The van der Waals surface area contributed by atoms with Gasteiger partial charge in [-0.15, -0.1) is 5.10 Å². The number of hydrogen-bond donors (Lipinski definition) is 1. The van der Waals surface area contributed by atoms with Crippen molar-refractivity contribution in [3.63, 3.8) is 0 Å². The lowest BCUT2D eigenvalue weighted by Crippen LogP contribution is -2.14. The number of pyridine rings is 1. The summed E-state index contributed by atoms with van der Waals surface area (Å²) in [4.78, 5) is 22.2. The Morgan fingerprint density at radius 1 is 0.971 bits per heavy atom. The molecule has 3 aromatic heterocycles. The minimum atomic E-state index is -0.0891. The van der Waals surface area contributed by atoms with Gasteiger partial charge in [0, 0.05) is 47.4 Å². The Hall–Kier alpha value is -3.68. The van der Waals surface area contributed by atoms with Gasteiger partial charge in [0.2, 0.25) is 5.91 Å². The van der Waals surface area contributed by atoms with Crippen LogP contribution in [0.5, 0.6) is 11.5 Å². The van der Waals surface area contributed by atoms with E-state index in [1.165, 1.54) is 0 Å². The number of aromatic nitrogens is 4. The number of nitrogens with one attached hydrogen (secondary N) is 1. The van der Waals surface area contributed by atoms with Crippen molar-refractivity contribution in [2.24, 2.45) is 0 Å². The molecular formula is C26H31N5O3. The Balaban J connectivity index is 1.56. The van der Waals surface area contributed by atoms with Crippen LogP contribution in [0.4, 0.5) is 5.69 Å². The third kappa shape index (κ3) is 4.66. The van der Waals surface area contributed by atoms with Gasteiger partial charge in [-0.05, 0) is 65.2 Å². The van der Waals surface area contributed by atoms with Crippen molar-refractivity contribution in [3.05, 3.63) is 52.5 Å². The second-order valence-corrected chi connectivity index (χ2v) is 8.38. The van der Waals surface area contributed by atoms with Crippen LogP contribution < -0.4 is 14.8 Å². The number of nitrogens with zero attached hydrogens (tertiary/aromatic N) is 4. The first-order valence-corrected chi connectivity index (χ1v) is 11.6. The number of fused-ring (bicyclic) bond motifs is 3. The van der Waals surface area contributed by atoms with E-state index >= 15 is 0 Å². The molecule has 0 spiro atoms. The van der Waals surface area contributed by atoms with Gasteiger partial charge in [-0.2, -0.15) is 0 Å². The standard InChI is InChI=1S/C26H31N5O3/c1-7-33-20-12-19(13-21(14-20)34-8-2)29-23(32)10-9-22-17(5)28-26-24-15(3)11-16(4)27-25(24)30-31(26)18(22)6/h11-14H,7-10H2,1-6H3,(H,29,32). The fraction of sp³-hybridized carbons (Fsp3) is 0.385. The number of anilines is 1. The van der Waals surface area contributed by atoms with E-state index in [9.17, 15) is 4.79 Å². The Labute approximate surface area is 199 Å². The quantitative estimate of drug-likeness (QED) is 0.402. The zero-order chi connectivity index (χ0) is 24.4. The molecule has 0 fully saturated rings. The normalized spacial score (nSPS) is 11.2. The van der Waals surface area contributed by atoms with Gasteiger partial charge in [0.25, 0.3) is 0 Å². The van der Waals surface area contributed by atoms with Crippen molar-refractivity contribution in [2.75, 3.05) is 18.5 Å². The molecule has 0 saturated carbocycles. The van der Waals surface area contributed by atoms with Gasteiger partial charge >= 0.3 is 0 Å². The summed E-state index contributed by atoms with van der Waals surface area (Å²) in [5, 5.41) is 8.64. The highest BCUT2D eigenvalue weighted by Crippen LogP contribution is 2.28. The van der Waals surface area contributed by atoms with Crippen LogP contribution in [0.3, 0.4) is 0 Å². The summed E-state index contributed by atoms with van der Waals surface area (Å²) in [7, 11) is 0. The lowest BCUT2D eigenvalue weighted by atomic mass is 10.1. The summed E-state index contributed by atoms with van der Waals surface area (Å²) in [6, 6.07) is 7.48. The molecule has 1 amide bonds. The molecular weight excluding hydrogens is 430 g/mol. The molecule has 178 valence electrons. The summed E-state index contributed by atoms with van der Waals surface area (Å²) in [6.45, 7) is 12.9. The number of amides is 1. The lowest BCUT2D eigenvalue weighted by molar-refractivity contribution is -0.116. The molecule has 4 rings (SSSR count). The van der Waals surface area contributed by atoms with E-state index < -0.39 is 0 Å². The molecule has 0 aliphatic heterocycles. The largest absolute Gasteiger partial charge is 0.494 e. The van der Waals surface area contributed by atoms with Gasteiger partial charge in [-0.25, -0.2) is 14.5 Å². The van der Waals surface area contributed by atoms with Crippen molar-refractivity contribution in [3.8, 4) is 11.5 Å². The van der Waals surface area contributed by atoms with E-state index in [4.69, 9.17) is 19.6 Å². The molecule has 0 aliphatic carbocycles. The van der Waals surface area contributed by atoms with E-state index in [2.05, 4.69) is 17.2 Å². The predicted molar refractivity (Wildman–Crippen MR) is 133 cm³/mol. The fourth-order valence-electron chi connectivity index (χ4n) is 4.33. The molecule has 34 heavy (non-hydrogen) atoms. The molecule has 3 heterocycles. The topological polar surface area (TPSA) is 90.6 Å². The molecule has 0 aliphatic rings. The maximum Gasteiger partial charge on any atom is 0.224 e. The van der Waals surface area contributed by atoms with Gasteiger partial charge in [0.1, 0.15) is 11.5 Å². The SMILES string of the molecule is CCOc1cc(NC(=O)CCc2c(C)nc3c4c(C)cc(C)nc4nn3c2C)cc(OCC)c1. The molecule has 0 saturated heterocycles. The zero-order valence-electron chi connectivity index (χ0n) is 20.7. The average Bonchev–Trinajstić information content (AvgIpc) is 3.12. The first kappa shape index (κ1) is 23.5. The van der Waals surface area contributed by atoms with Crippen LogP contribution in [0.1, 0.15) is 48.5 Å². The van der Waals surface area contributed by atoms with Crippen LogP contribution >= 0.6 is 0 Å². The van der Waals surface area contributed by atoms with E-state index in [0.717, 1.165) is 39.2 Å². The molecule has 8 nitrogen and oxygen atoms in total. The van der Waals surface area contributed by atoms with Gasteiger partial charge in [-0.3, -0.25) is 4.79 Å². The summed E-state index contributed by atoms with van der Waals surface area (Å²) in [5.74, 6) is 1.23. The summed E-state index contributed by atoms with van der Waals surface area (Å²) in [5.41, 5.74) is 7.08. The smallest absolute Gasteiger partial charge is 0.224 e. The highest BCUT2D eigenvalue weighted by atomic mass is 16.5. The highest BCUT2D eigenvalue weighted by Gasteiger charge is 2.17. The van der Waals surface area contributed by atoms with Crippen molar-refractivity contribution in [1.82, 2.24) is 19.6 Å². The monoisotopic (exact) mass is 461 g/mol. The molecule has 0 bridgehead atoms. The van der Waals surface area contributed by atoms with E-state index in [0.29, 0.717) is 48.9 Å². The second kappa shape index (κ2) is 9.67. The summed E-state index contributed by atoms with van der Waals surface area (Å²) < 4.78 is 13.1. The maximum absolute atomic E-state index is 12.8. The van der Waals surface area contributed by atoms with Crippen LogP contribution in [0.2, 0.25) is 0 Å². The van der Waals surface area contributed by atoms with Crippen LogP contribution in [0.25, 0.3) is 16.7 Å². The van der Waals surface area contributed by atoms with Crippen LogP contribution in [-0.2, 0) is 11.2 Å². The molecule has 4 aromatic rings. The van der Waals surface area contributed by atoms with Crippen molar-refractivity contribution in [1.29, 1.82) is 0 Å². The van der Waals surface area contributed by atoms with Crippen LogP contribution in [-0.4, -0.2) is 38.7 Å². The number of rotatable bonds is 8. The molecule has 8 heteroatoms. The third-order valence-corrected chi connectivity index (χ3v) is 5.80. The zero-order valence-corrected chi connectivity index (χ0v) is 20.7. The number of carbonyl (C=O) groups is 1. The highest BCUT2D eigenvalue weighted by molar-refractivity contribution is 5.93. The Bertz CT molecular complexity index is 1350. The lowest BCUT2D eigenvalue weighted by Gasteiger charge is -2.13. The van der Waals surface area contributed by atoms with Crippen molar-refractivity contribution < 1.29 is 14.3 Å². The molecule has 1 N–H and O–H groups in total.